The van der Waals surface area contributed by atoms with Gasteiger partial charge < -0.3 is 20.3 Å². The van der Waals surface area contributed by atoms with Gasteiger partial charge in [0.2, 0.25) is 0 Å². The van der Waals surface area contributed by atoms with Crippen molar-refractivity contribution in [3.05, 3.63) is 29.8 Å². The second-order valence-corrected chi connectivity index (χ2v) is 7.77. The van der Waals surface area contributed by atoms with Crippen molar-refractivity contribution in [1.82, 2.24) is 20.4 Å². The van der Waals surface area contributed by atoms with Gasteiger partial charge in [-0.05, 0) is 32.9 Å². The molecule has 1 saturated heterocycles. The van der Waals surface area contributed by atoms with Crippen molar-refractivity contribution in [2.45, 2.75) is 40.3 Å². The van der Waals surface area contributed by atoms with Crippen LogP contribution in [0.2, 0.25) is 0 Å². The summed E-state index contributed by atoms with van der Waals surface area (Å²) in [7, 11) is 2.20. The molecule has 1 unspecified atom stereocenters. The van der Waals surface area contributed by atoms with Gasteiger partial charge in [0.1, 0.15) is 5.75 Å². The molecule has 1 aromatic carbocycles. The van der Waals surface area contributed by atoms with E-state index >= 15 is 0 Å². The molecule has 29 heavy (non-hydrogen) atoms. The normalized spacial score (nSPS) is 17.0. The van der Waals surface area contributed by atoms with E-state index in [-0.39, 0.29) is 24.0 Å². The number of aliphatic imine (C=N–C) groups is 1. The van der Waals surface area contributed by atoms with E-state index in [1.54, 1.807) is 0 Å². The standard InChI is InChI=1S/C22H39N5O.HI/c1-6-23-22(24-16-19-10-8-9-11-21(19)28-7-2)25-17-20(18(3)4)27-14-12-26(5)13-15-27;/h8-11,18,20H,6-7,12-17H2,1-5H3,(H2,23,24,25);1H. The Morgan fingerprint density at radius 2 is 1.79 bits per heavy atom. The summed E-state index contributed by atoms with van der Waals surface area (Å²) in [6, 6.07) is 8.64. The van der Waals surface area contributed by atoms with Gasteiger partial charge in [-0.15, -0.1) is 24.0 Å². The third-order valence-electron chi connectivity index (χ3n) is 5.28. The van der Waals surface area contributed by atoms with Crippen molar-refractivity contribution in [1.29, 1.82) is 0 Å². The van der Waals surface area contributed by atoms with E-state index in [2.05, 4.69) is 54.3 Å². The van der Waals surface area contributed by atoms with Gasteiger partial charge in [0.15, 0.2) is 5.96 Å². The quantitative estimate of drug-likeness (QED) is 0.300. The number of piperazine rings is 1. The lowest BCUT2D eigenvalue weighted by molar-refractivity contribution is 0.0900. The maximum Gasteiger partial charge on any atom is 0.191 e. The van der Waals surface area contributed by atoms with Crippen molar-refractivity contribution < 1.29 is 4.74 Å². The second-order valence-electron chi connectivity index (χ2n) is 7.77. The van der Waals surface area contributed by atoms with Crippen LogP contribution in [0.4, 0.5) is 0 Å². The van der Waals surface area contributed by atoms with E-state index in [1.807, 2.05) is 25.1 Å². The molecule has 1 fully saturated rings. The Morgan fingerprint density at radius 1 is 1.10 bits per heavy atom. The summed E-state index contributed by atoms with van der Waals surface area (Å²) in [5, 5.41) is 6.96. The summed E-state index contributed by atoms with van der Waals surface area (Å²) in [6.45, 7) is 16.3. The molecular formula is C22H40IN5O. The summed E-state index contributed by atoms with van der Waals surface area (Å²) in [5.74, 6) is 2.38. The predicted octanol–water partition coefficient (Wildman–Crippen LogP) is 3.03. The number of para-hydroxylation sites is 1. The zero-order chi connectivity index (χ0) is 20.4. The monoisotopic (exact) mass is 517 g/mol. The van der Waals surface area contributed by atoms with Gasteiger partial charge in [0.05, 0.1) is 13.2 Å². The lowest BCUT2D eigenvalue weighted by Crippen LogP contribution is -2.55. The fourth-order valence-corrected chi connectivity index (χ4v) is 3.58. The first kappa shape index (κ1) is 26.0. The first-order valence-corrected chi connectivity index (χ1v) is 10.7. The van der Waals surface area contributed by atoms with Crippen LogP contribution in [0, 0.1) is 5.92 Å². The summed E-state index contributed by atoms with van der Waals surface area (Å²) in [6.07, 6.45) is 0. The number of rotatable bonds is 9. The van der Waals surface area contributed by atoms with Gasteiger partial charge >= 0.3 is 0 Å². The molecule has 166 valence electrons. The Kier molecular flexibility index (Phi) is 12.6. The average Bonchev–Trinajstić information content (AvgIpc) is 2.68. The SMILES string of the molecule is CCNC(=NCc1ccccc1OCC)NCC(C(C)C)N1CCN(C)CC1.I. The number of hydrogen-bond donors (Lipinski definition) is 2. The number of nitrogens with zero attached hydrogens (tertiary/aromatic N) is 3. The maximum absolute atomic E-state index is 5.73. The minimum atomic E-state index is 0. The van der Waals surface area contributed by atoms with Gasteiger partial charge in [-0.25, -0.2) is 4.99 Å². The average molecular weight is 518 g/mol. The van der Waals surface area contributed by atoms with Crippen LogP contribution < -0.4 is 15.4 Å². The van der Waals surface area contributed by atoms with E-state index in [1.165, 1.54) is 0 Å². The molecule has 1 heterocycles. The number of benzene rings is 1. The van der Waals surface area contributed by atoms with Gasteiger partial charge in [0.25, 0.3) is 0 Å². The number of hydrogen-bond acceptors (Lipinski definition) is 4. The summed E-state index contributed by atoms with van der Waals surface area (Å²) >= 11 is 0. The van der Waals surface area contributed by atoms with Crippen LogP contribution in [0.15, 0.2) is 29.3 Å². The molecule has 1 aromatic rings. The Morgan fingerprint density at radius 3 is 2.41 bits per heavy atom. The van der Waals surface area contributed by atoms with Crippen LogP contribution in [0.1, 0.15) is 33.3 Å². The zero-order valence-corrected chi connectivity index (χ0v) is 21.1. The van der Waals surface area contributed by atoms with Crippen molar-refractivity contribution in [3.63, 3.8) is 0 Å². The molecule has 1 aliphatic heterocycles. The van der Waals surface area contributed by atoms with Crippen molar-refractivity contribution in [2.75, 3.05) is 52.9 Å². The van der Waals surface area contributed by atoms with Crippen LogP contribution in [0.25, 0.3) is 0 Å². The number of halogens is 1. The summed E-state index contributed by atoms with van der Waals surface area (Å²) in [4.78, 5) is 9.82. The molecule has 0 bridgehead atoms. The van der Waals surface area contributed by atoms with E-state index in [0.29, 0.717) is 25.1 Å². The molecule has 0 aromatic heterocycles. The molecule has 0 saturated carbocycles. The molecule has 2 N–H and O–H groups in total. The third-order valence-corrected chi connectivity index (χ3v) is 5.28. The highest BCUT2D eigenvalue weighted by Gasteiger charge is 2.25. The second kappa shape index (κ2) is 14.0. The lowest BCUT2D eigenvalue weighted by atomic mass is 10.0. The Labute approximate surface area is 194 Å². The zero-order valence-electron chi connectivity index (χ0n) is 18.8. The Balaban J connectivity index is 0.00000420. The van der Waals surface area contributed by atoms with Crippen LogP contribution in [-0.2, 0) is 6.54 Å². The van der Waals surface area contributed by atoms with Gasteiger partial charge in [-0.2, -0.15) is 0 Å². The fourth-order valence-electron chi connectivity index (χ4n) is 3.58. The molecule has 0 spiro atoms. The van der Waals surface area contributed by atoms with Crippen molar-refractivity contribution >= 4 is 29.9 Å². The molecule has 1 atom stereocenters. The van der Waals surface area contributed by atoms with E-state index in [4.69, 9.17) is 9.73 Å². The van der Waals surface area contributed by atoms with E-state index in [0.717, 1.165) is 56.5 Å². The molecule has 2 rings (SSSR count). The number of likely N-dealkylation sites (N-methyl/N-ethyl adjacent to an activating group) is 1. The van der Waals surface area contributed by atoms with E-state index < -0.39 is 0 Å². The highest BCUT2D eigenvalue weighted by atomic mass is 127. The van der Waals surface area contributed by atoms with Crippen LogP contribution in [0.3, 0.4) is 0 Å². The number of ether oxygens (including phenoxy) is 1. The predicted molar refractivity (Wildman–Crippen MR) is 134 cm³/mol. The van der Waals surface area contributed by atoms with Gasteiger partial charge in [-0.1, -0.05) is 32.0 Å². The highest BCUT2D eigenvalue weighted by Crippen LogP contribution is 2.18. The van der Waals surface area contributed by atoms with Gasteiger partial charge in [-0.3, -0.25) is 4.90 Å². The van der Waals surface area contributed by atoms with Crippen LogP contribution in [0.5, 0.6) is 5.75 Å². The molecule has 0 radical (unpaired) electrons. The highest BCUT2D eigenvalue weighted by molar-refractivity contribution is 14.0. The molecule has 0 aliphatic carbocycles. The van der Waals surface area contributed by atoms with Crippen molar-refractivity contribution in [2.24, 2.45) is 10.9 Å². The minimum absolute atomic E-state index is 0. The van der Waals surface area contributed by atoms with Gasteiger partial charge in [0, 0.05) is 50.9 Å². The van der Waals surface area contributed by atoms with Crippen molar-refractivity contribution in [3.8, 4) is 5.75 Å². The molecule has 0 amide bonds. The molecule has 7 heteroatoms. The van der Waals surface area contributed by atoms with E-state index in [9.17, 15) is 0 Å². The Bertz CT molecular complexity index is 603. The molecule has 6 nitrogen and oxygen atoms in total. The summed E-state index contributed by atoms with van der Waals surface area (Å²) < 4.78 is 5.73. The number of nitrogens with one attached hydrogen (secondary N) is 2. The number of guanidine groups is 1. The first-order chi connectivity index (χ1) is 13.5. The fraction of sp³-hybridized carbons (Fsp3) is 0.682. The largest absolute Gasteiger partial charge is 0.494 e. The first-order valence-electron chi connectivity index (χ1n) is 10.7. The smallest absolute Gasteiger partial charge is 0.191 e. The van der Waals surface area contributed by atoms with Crippen LogP contribution in [-0.4, -0.2) is 74.7 Å². The Hall–Kier alpha value is -1.06. The minimum Gasteiger partial charge on any atom is -0.494 e. The summed E-state index contributed by atoms with van der Waals surface area (Å²) in [5.41, 5.74) is 1.11. The third kappa shape index (κ3) is 8.68. The topological polar surface area (TPSA) is 52.1 Å². The molecule has 1 aliphatic rings. The molecular weight excluding hydrogens is 477 g/mol. The maximum atomic E-state index is 5.73. The van der Waals surface area contributed by atoms with Crippen LogP contribution >= 0.6 is 24.0 Å². The lowest BCUT2D eigenvalue weighted by Gasteiger charge is -2.40.